The van der Waals surface area contributed by atoms with Crippen LogP contribution in [-0.2, 0) is 4.79 Å². The number of hydrogen-bond acceptors (Lipinski definition) is 4. The van der Waals surface area contributed by atoms with Crippen LogP contribution in [-0.4, -0.2) is 46.4 Å². The number of imidazole rings is 1. The van der Waals surface area contributed by atoms with Gasteiger partial charge in [0, 0.05) is 6.54 Å². The van der Waals surface area contributed by atoms with Crippen LogP contribution in [0.5, 0.6) is 5.75 Å². The van der Waals surface area contributed by atoms with Crippen LogP contribution in [0.3, 0.4) is 0 Å². The third-order valence-electron chi connectivity index (χ3n) is 5.82. The van der Waals surface area contributed by atoms with Crippen molar-refractivity contribution in [2.75, 3.05) is 19.7 Å². The van der Waals surface area contributed by atoms with Crippen LogP contribution in [0.2, 0.25) is 0 Å². The molecule has 1 heterocycles. The lowest BCUT2D eigenvalue weighted by Gasteiger charge is -2.21. The highest BCUT2D eigenvalue weighted by atomic mass is 19.1. The minimum absolute atomic E-state index is 0.714. The fraction of sp³-hybridized carbons (Fsp3) is 0.462. The molecule has 7 heteroatoms. The second kappa shape index (κ2) is 11.8. The van der Waals surface area contributed by atoms with E-state index in [4.69, 9.17) is 9.84 Å². The highest BCUT2D eigenvalue weighted by molar-refractivity contribution is 5.81. The normalized spacial score (nSPS) is 14.5. The van der Waals surface area contributed by atoms with Crippen LogP contribution in [0, 0.1) is 5.92 Å². The van der Waals surface area contributed by atoms with E-state index in [9.17, 15) is 9.18 Å². The molecule has 6 nitrogen and oxygen atoms in total. The van der Waals surface area contributed by atoms with Crippen molar-refractivity contribution in [3.8, 4) is 16.9 Å². The molecule has 0 unspecified atom stereocenters. The maximum atomic E-state index is 11.9. The summed E-state index contributed by atoms with van der Waals surface area (Å²) in [7, 11) is 0. The molecule has 3 N–H and O–H groups in total. The first-order valence-electron chi connectivity index (χ1n) is 11.6. The smallest absolute Gasteiger partial charge is 0.340 e. The molecular formula is C26H34FN3O3. The Kier molecular flexibility index (Phi) is 8.83. The van der Waals surface area contributed by atoms with Gasteiger partial charge in [0.2, 0.25) is 5.67 Å². The number of aliphatic carboxylic acids is 1. The van der Waals surface area contributed by atoms with E-state index in [1.165, 1.54) is 43.2 Å². The molecule has 2 aromatic carbocycles. The van der Waals surface area contributed by atoms with Gasteiger partial charge in [-0.25, -0.2) is 14.2 Å². The molecule has 0 radical (unpaired) electrons. The fourth-order valence-electron chi connectivity index (χ4n) is 3.80. The highest BCUT2D eigenvalue weighted by Gasteiger charge is 2.24. The summed E-state index contributed by atoms with van der Waals surface area (Å²) in [6.45, 7) is 4.75. The van der Waals surface area contributed by atoms with Crippen molar-refractivity contribution < 1.29 is 19.0 Å². The molecule has 1 aromatic heterocycles. The quantitative estimate of drug-likeness (QED) is 0.385. The number of halogens is 1. The van der Waals surface area contributed by atoms with Gasteiger partial charge in [0.15, 0.2) is 0 Å². The molecule has 0 spiro atoms. The lowest BCUT2D eigenvalue weighted by Crippen LogP contribution is -2.28. The molecule has 1 aliphatic rings. The second-order valence-electron chi connectivity index (χ2n) is 8.99. The predicted molar refractivity (Wildman–Crippen MR) is 129 cm³/mol. The number of fused-ring (bicyclic) bond motifs is 1. The second-order valence-corrected chi connectivity index (χ2v) is 8.99. The SMILES string of the molecule is CC(C)(F)C(=O)O.c1nc2ccc(-c3ccc(OCCNCC4CCCCC4)cc3)cc2[nH]1. The van der Waals surface area contributed by atoms with E-state index in [-0.39, 0.29) is 0 Å². The summed E-state index contributed by atoms with van der Waals surface area (Å²) >= 11 is 0. The van der Waals surface area contributed by atoms with Crippen molar-refractivity contribution >= 4 is 17.0 Å². The van der Waals surface area contributed by atoms with Gasteiger partial charge in [-0.15, -0.1) is 0 Å². The zero-order valence-corrected chi connectivity index (χ0v) is 19.4. The van der Waals surface area contributed by atoms with E-state index in [0.717, 1.165) is 49.6 Å². The molecule has 1 fully saturated rings. The number of hydrogen-bond donors (Lipinski definition) is 3. The summed E-state index contributed by atoms with van der Waals surface area (Å²) in [5, 5.41) is 11.4. The van der Waals surface area contributed by atoms with Gasteiger partial charge in [0.05, 0.1) is 17.4 Å². The molecule has 0 amide bonds. The maximum Gasteiger partial charge on any atom is 0.340 e. The summed E-state index contributed by atoms with van der Waals surface area (Å²) in [4.78, 5) is 17.1. The van der Waals surface area contributed by atoms with Crippen molar-refractivity contribution in [1.82, 2.24) is 15.3 Å². The number of aromatic amines is 1. The zero-order chi connectivity index (χ0) is 23.7. The largest absolute Gasteiger partial charge is 0.492 e. The summed E-state index contributed by atoms with van der Waals surface area (Å²) in [5.74, 6) is 0.374. The summed E-state index contributed by atoms with van der Waals surface area (Å²) in [6.07, 6.45) is 8.74. The average molecular weight is 456 g/mol. The van der Waals surface area contributed by atoms with E-state index >= 15 is 0 Å². The number of nitrogens with one attached hydrogen (secondary N) is 2. The highest BCUT2D eigenvalue weighted by Crippen LogP contribution is 2.25. The molecule has 4 rings (SSSR count). The van der Waals surface area contributed by atoms with E-state index in [1.54, 1.807) is 6.33 Å². The third-order valence-corrected chi connectivity index (χ3v) is 5.82. The van der Waals surface area contributed by atoms with E-state index in [2.05, 4.69) is 39.6 Å². The third kappa shape index (κ3) is 7.86. The topological polar surface area (TPSA) is 87.2 Å². The number of rotatable bonds is 8. The number of H-pyrrole nitrogens is 1. The molecule has 0 bridgehead atoms. The fourth-order valence-corrected chi connectivity index (χ4v) is 3.80. The van der Waals surface area contributed by atoms with Crippen molar-refractivity contribution in [2.45, 2.75) is 51.6 Å². The number of nitrogens with zero attached hydrogens (tertiary/aromatic N) is 1. The molecule has 0 aliphatic heterocycles. The maximum absolute atomic E-state index is 11.9. The molecular weight excluding hydrogens is 421 g/mol. The van der Waals surface area contributed by atoms with E-state index in [1.807, 2.05) is 18.2 Å². The van der Waals surface area contributed by atoms with E-state index < -0.39 is 11.6 Å². The number of carboxylic acid groups (broad SMARTS) is 1. The van der Waals surface area contributed by atoms with Crippen LogP contribution in [0.4, 0.5) is 4.39 Å². The van der Waals surface area contributed by atoms with Gasteiger partial charge in [-0.3, -0.25) is 0 Å². The first-order chi connectivity index (χ1) is 15.8. The number of aromatic nitrogens is 2. The Bertz CT molecular complexity index is 1010. The minimum atomic E-state index is -2.08. The Morgan fingerprint density at radius 1 is 1.15 bits per heavy atom. The number of alkyl halides is 1. The van der Waals surface area contributed by atoms with Gasteiger partial charge < -0.3 is 20.1 Å². The van der Waals surface area contributed by atoms with Gasteiger partial charge in [-0.1, -0.05) is 37.5 Å². The van der Waals surface area contributed by atoms with Gasteiger partial charge >= 0.3 is 5.97 Å². The summed E-state index contributed by atoms with van der Waals surface area (Å²) in [6, 6.07) is 14.6. The number of benzene rings is 2. The summed E-state index contributed by atoms with van der Waals surface area (Å²) in [5.41, 5.74) is 2.34. The molecule has 33 heavy (non-hydrogen) atoms. The predicted octanol–water partition coefficient (Wildman–Crippen LogP) is 5.60. The van der Waals surface area contributed by atoms with Gasteiger partial charge in [0.25, 0.3) is 0 Å². The van der Waals surface area contributed by atoms with Gasteiger partial charge in [-0.05, 0) is 74.5 Å². The van der Waals surface area contributed by atoms with Gasteiger partial charge in [-0.2, -0.15) is 0 Å². The summed E-state index contributed by atoms with van der Waals surface area (Å²) < 4.78 is 17.8. The van der Waals surface area contributed by atoms with Crippen LogP contribution >= 0.6 is 0 Å². The average Bonchev–Trinajstić information content (AvgIpc) is 3.28. The number of carbonyl (C=O) groups is 1. The number of ether oxygens (including phenoxy) is 1. The monoisotopic (exact) mass is 455 g/mol. The van der Waals surface area contributed by atoms with Crippen molar-refractivity contribution in [3.63, 3.8) is 0 Å². The van der Waals surface area contributed by atoms with Crippen LogP contribution < -0.4 is 10.1 Å². The lowest BCUT2D eigenvalue weighted by molar-refractivity contribution is -0.148. The van der Waals surface area contributed by atoms with Gasteiger partial charge in [0.1, 0.15) is 12.4 Å². The van der Waals surface area contributed by atoms with Crippen LogP contribution in [0.1, 0.15) is 46.0 Å². The molecule has 178 valence electrons. The minimum Gasteiger partial charge on any atom is -0.492 e. The number of carboxylic acids is 1. The van der Waals surface area contributed by atoms with Crippen molar-refractivity contribution in [1.29, 1.82) is 0 Å². The molecule has 1 aliphatic carbocycles. The van der Waals surface area contributed by atoms with Crippen molar-refractivity contribution in [3.05, 3.63) is 48.8 Å². The van der Waals surface area contributed by atoms with Crippen LogP contribution in [0.15, 0.2) is 48.8 Å². The Labute approximate surface area is 194 Å². The Morgan fingerprint density at radius 2 is 1.82 bits per heavy atom. The molecule has 3 aromatic rings. The lowest BCUT2D eigenvalue weighted by atomic mass is 9.89. The Hall–Kier alpha value is -2.93. The first-order valence-corrected chi connectivity index (χ1v) is 11.6. The molecule has 0 saturated heterocycles. The van der Waals surface area contributed by atoms with Crippen LogP contribution in [0.25, 0.3) is 22.2 Å². The van der Waals surface area contributed by atoms with E-state index in [0.29, 0.717) is 6.61 Å². The molecule has 1 saturated carbocycles. The Morgan fingerprint density at radius 3 is 2.48 bits per heavy atom. The van der Waals surface area contributed by atoms with Crippen molar-refractivity contribution in [2.24, 2.45) is 5.92 Å². The Balaban J connectivity index is 0.000000383. The molecule has 0 atom stereocenters. The standard InChI is InChI=1S/C22H27N3O.C4H7FO2/c1-2-4-17(5-3-1)15-23-12-13-26-20-9-6-18(7-10-20)19-8-11-21-22(14-19)25-16-24-21;1-4(2,5)3(6)7/h6-11,14,16-17,23H,1-5,12-13,15H2,(H,24,25);1-2H3,(H,6,7). The first kappa shape index (κ1) is 24.7. The zero-order valence-electron chi connectivity index (χ0n) is 19.4.